The Kier molecular flexibility index (Phi) is 3.27. The zero-order valence-electron chi connectivity index (χ0n) is 5.86. The number of aliphatic hydroxyl groups is 1. The van der Waals surface area contributed by atoms with Crippen LogP contribution in [0.3, 0.4) is 0 Å². The van der Waals surface area contributed by atoms with E-state index in [9.17, 15) is 5.11 Å². The molecule has 0 rings (SSSR count). The summed E-state index contributed by atoms with van der Waals surface area (Å²) in [6, 6.07) is 0. The molecule has 0 aromatic carbocycles. The number of rotatable bonds is 1. The summed E-state index contributed by atoms with van der Waals surface area (Å²) in [7, 11) is 0. The highest BCUT2D eigenvalue weighted by molar-refractivity contribution is 6.44. The van der Waals surface area contributed by atoms with Crippen LogP contribution in [0.25, 0.3) is 0 Å². The Morgan fingerprint density at radius 1 is 1.22 bits per heavy atom. The van der Waals surface area contributed by atoms with Gasteiger partial charge < -0.3 is 5.11 Å². The van der Waals surface area contributed by atoms with Crippen LogP contribution in [0.1, 0.15) is 20.8 Å². The number of halogens is 2. The molecule has 9 heavy (non-hydrogen) atoms. The van der Waals surface area contributed by atoms with E-state index in [1.807, 2.05) is 20.8 Å². The minimum atomic E-state index is -0.690. The fraction of sp³-hybridized carbons (Fsp3) is 1.00. The van der Waals surface area contributed by atoms with Crippen molar-refractivity contribution in [3.05, 3.63) is 0 Å². The summed E-state index contributed by atoms with van der Waals surface area (Å²) in [4.78, 5) is -0.690. The molecule has 0 heterocycles. The molecule has 0 radical (unpaired) electrons. The SMILES string of the molecule is CC(C)(C)[C@@H](O)C(Cl)Cl. The van der Waals surface area contributed by atoms with Crippen molar-refractivity contribution >= 4 is 23.2 Å². The average Bonchev–Trinajstić information content (AvgIpc) is 1.62. The van der Waals surface area contributed by atoms with Crippen LogP contribution in [-0.4, -0.2) is 16.0 Å². The number of alkyl halides is 2. The van der Waals surface area contributed by atoms with E-state index in [1.165, 1.54) is 0 Å². The molecule has 0 aromatic heterocycles. The maximum Gasteiger partial charge on any atom is 0.134 e. The molecular weight excluding hydrogens is 159 g/mol. The molecule has 1 atom stereocenters. The number of aliphatic hydroxyl groups excluding tert-OH is 1. The molecule has 0 fully saturated rings. The highest BCUT2D eigenvalue weighted by Crippen LogP contribution is 2.26. The summed E-state index contributed by atoms with van der Waals surface area (Å²) >= 11 is 10.9. The molecule has 0 aromatic rings. The van der Waals surface area contributed by atoms with Crippen LogP contribution >= 0.6 is 23.2 Å². The monoisotopic (exact) mass is 170 g/mol. The van der Waals surface area contributed by atoms with E-state index in [4.69, 9.17) is 23.2 Å². The molecule has 0 unspecified atom stereocenters. The average molecular weight is 171 g/mol. The normalized spacial score (nSPS) is 16.3. The Morgan fingerprint density at radius 2 is 1.56 bits per heavy atom. The van der Waals surface area contributed by atoms with Crippen molar-refractivity contribution in [3.63, 3.8) is 0 Å². The summed E-state index contributed by atoms with van der Waals surface area (Å²) in [5.41, 5.74) is -0.228. The molecular formula is C6H12Cl2O. The fourth-order valence-corrected chi connectivity index (χ4v) is 1.13. The van der Waals surface area contributed by atoms with Crippen LogP contribution in [-0.2, 0) is 0 Å². The van der Waals surface area contributed by atoms with Crippen molar-refractivity contribution in [2.45, 2.75) is 31.7 Å². The van der Waals surface area contributed by atoms with Crippen LogP contribution in [0.4, 0.5) is 0 Å². The smallest absolute Gasteiger partial charge is 0.134 e. The van der Waals surface area contributed by atoms with Crippen LogP contribution < -0.4 is 0 Å². The van der Waals surface area contributed by atoms with Crippen molar-refractivity contribution < 1.29 is 5.11 Å². The Balaban J connectivity index is 3.88. The predicted octanol–water partition coefficient (Wildman–Crippen LogP) is 2.20. The maximum absolute atomic E-state index is 9.20. The second-order valence-corrected chi connectivity index (χ2v) is 4.31. The zero-order valence-corrected chi connectivity index (χ0v) is 7.37. The van der Waals surface area contributed by atoms with E-state index in [0.29, 0.717) is 0 Å². The van der Waals surface area contributed by atoms with Gasteiger partial charge in [-0.1, -0.05) is 20.8 Å². The summed E-state index contributed by atoms with van der Waals surface area (Å²) in [6.45, 7) is 5.65. The second kappa shape index (κ2) is 3.09. The second-order valence-electron chi connectivity index (χ2n) is 3.15. The molecule has 56 valence electrons. The van der Waals surface area contributed by atoms with Gasteiger partial charge in [0.05, 0.1) is 6.10 Å². The topological polar surface area (TPSA) is 20.2 Å². The first-order valence-corrected chi connectivity index (χ1v) is 3.69. The van der Waals surface area contributed by atoms with E-state index in [-0.39, 0.29) is 5.41 Å². The van der Waals surface area contributed by atoms with E-state index in [0.717, 1.165) is 0 Å². The largest absolute Gasteiger partial charge is 0.390 e. The summed E-state index contributed by atoms with van der Waals surface area (Å²) < 4.78 is 0. The van der Waals surface area contributed by atoms with Crippen molar-refractivity contribution in [2.75, 3.05) is 0 Å². The lowest BCUT2D eigenvalue weighted by molar-refractivity contribution is 0.0750. The third-order valence-corrected chi connectivity index (χ3v) is 1.60. The molecule has 0 aliphatic carbocycles. The highest BCUT2D eigenvalue weighted by Gasteiger charge is 2.27. The fourth-order valence-electron chi connectivity index (χ4n) is 0.378. The predicted molar refractivity (Wildman–Crippen MR) is 41.0 cm³/mol. The van der Waals surface area contributed by atoms with E-state index >= 15 is 0 Å². The van der Waals surface area contributed by atoms with Crippen molar-refractivity contribution in [1.29, 1.82) is 0 Å². The van der Waals surface area contributed by atoms with E-state index in [2.05, 4.69) is 0 Å². The minimum absolute atomic E-state index is 0.228. The van der Waals surface area contributed by atoms with E-state index in [1.54, 1.807) is 0 Å². The van der Waals surface area contributed by atoms with Crippen molar-refractivity contribution in [2.24, 2.45) is 5.41 Å². The number of hydrogen-bond acceptors (Lipinski definition) is 1. The molecule has 1 nitrogen and oxygen atoms in total. The highest BCUT2D eigenvalue weighted by atomic mass is 35.5. The number of hydrogen-bond donors (Lipinski definition) is 1. The Labute approximate surface area is 66.0 Å². The molecule has 0 saturated carbocycles. The van der Waals surface area contributed by atoms with Gasteiger partial charge in [-0.05, 0) is 5.41 Å². The molecule has 0 spiro atoms. The van der Waals surface area contributed by atoms with Gasteiger partial charge in [0.25, 0.3) is 0 Å². The lowest BCUT2D eigenvalue weighted by Crippen LogP contribution is -2.31. The lowest BCUT2D eigenvalue weighted by atomic mass is 9.90. The van der Waals surface area contributed by atoms with Gasteiger partial charge in [0.1, 0.15) is 4.84 Å². The van der Waals surface area contributed by atoms with Gasteiger partial charge in [-0.3, -0.25) is 0 Å². The van der Waals surface area contributed by atoms with Gasteiger partial charge in [0.2, 0.25) is 0 Å². The van der Waals surface area contributed by atoms with Gasteiger partial charge in [-0.25, -0.2) is 0 Å². The standard InChI is InChI=1S/C6H12Cl2O/c1-6(2,3)4(9)5(7)8/h4-5,9H,1-3H3/t4-/m0/s1. The van der Waals surface area contributed by atoms with Gasteiger partial charge in [-0.2, -0.15) is 0 Å². The summed E-state index contributed by atoms with van der Waals surface area (Å²) in [6.07, 6.45) is -0.652. The Morgan fingerprint density at radius 3 is 1.56 bits per heavy atom. The van der Waals surface area contributed by atoms with Gasteiger partial charge in [-0.15, -0.1) is 23.2 Å². The van der Waals surface area contributed by atoms with Crippen molar-refractivity contribution in [3.8, 4) is 0 Å². The first-order valence-electron chi connectivity index (χ1n) is 2.82. The third kappa shape index (κ3) is 3.29. The van der Waals surface area contributed by atoms with Gasteiger partial charge in [0, 0.05) is 0 Å². The van der Waals surface area contributed by atoms with Crippen LogP contribution in [0.2, 0.25) is 0 Å². The Bertz CT molecular complexity index is 85.5. The van der Waals surface area contributed by atoms with Crippen LogP contribution in [0, 0.1) is 5.41 Å². The lowest BCUT2D eigenvalue weighted by Gasteiger charge is -2.26. The summed E-state index contributed by atoms with van der Waals surface area (Å²) in [5.74, 6) is 0. The molecule has 0 amide bonds. The van der Waals surface area contributed by atoms with E-state index < -0.39 is 10.9 Å². The molecule has 0 aliphatic heterocycles. The third-order valence-electron chi connectivity index (χ3n) is 1.13. The quantitative estimate of drug-likeness (QED) is 0.599. The first kappa shape index (κ1) is 9.54. The molecule has 1 N–H and O–H groups in total. The van der Waals surface area contributed by atoms with Crippen LogP contribution in [0.5, 0.6) is 0 Å². The molecule has 3 heteroatoms. The zero-order chi connectivity index (χ0) is 7.65. The van der Waals surface area contributed by atoms with Crippen molar-refractivity contribution in [1.82, 2.24) is 0 Å². The van der Waals surface area contributed by atoms with Gasteiger partial charge in [0.15, 0.2) is 0 Å². The first-order chi connectivity index (χ1) is 3.85. The molecule has 0 saturated heterocycles. The Hall–Kier alpha value is 0.540. The maximum atomic E-state index is 9.20. The van der Waals surface area contributed by atoms with Gasteiger partial charge >= 0.3 is 0 Å². The van der Waals surface area contributed by atoms with Crippen LogP contribution in [0.15, 0.2) is 0 Å². The minimum Gasteiger partial charge on any atom is -0.390 e. The summed E-state index contributed by atoms with van der Waals surface area (Å²) in [5, 5.41) is 9.20. The molecule has 0 bridgehead atoms. The molecule has 0 aliphatic rings.